The van der Waals surface area contributed by atoms with Crippen molar-refractivity contribution in [3.05, 3.63) is 24.0 Å². The van der Waals surface area contributed by atoms with E-state index < -0.39 is 0 Å². The fourth-order valence-corrected chi connectivity index (χ4v) is 1.08. The minimum Gasteiger partial charge on any atom is -0.344 e. The van der Waals surface area contributed by atoms with Gasteiger partial charge in [0.05, 0.1) is 0 Å². The lowest BCUT2D eigenvalue weighted by Gasteiger charge is -2.14. The van der Waals surface area contributed by atoms with Crippen molar-refractivity contribution in [2.75, 3.05) is 13.6 Å². The van der Waals surface area contributed by atoms with Gasteiger partial charge in [0.2, 0.25) is 5.91 Å². The second-order valence-electron chi connectivity index (χ2n) is 3.14. The van der Waals surface area contributed by atoms with Crippen LogP contribution in [0.2, 0.25) is 0 Å². The van der Waals surface area contributed by atoms with Gasteiger partial charge in [0.1, 0.15) is 6.54 Å². The van der Waals surface area contributed by atoms with Gasteiger partial charge in [0, 0.05) is 31.5 Å². The second kappa shape index (κ2) is 4.60. The molecule has 1 aromatic rings. The molecule has 1 aromatic heterocycles. The Hall–Kier alpha value is -1.58. The van der Waals surface area contributed by atoms with Gasteiger partial charge in [-0.3, -0.25) is 9.59 Å². The van der Waals surface area contributed by atoms with Gasteiger partial charge in [0.25, 0.3) is 0 Å². The number of nitrogens with zero attached hydrogens (tertiary/aromatic N) is 2. The van der Waals surface area contributed by atoms with Crippen molar-refractivity contribution in [2.45, 2.75) is 13.5 Å². The lowest BCUT2D eigenvalue weighted by molar-refractivity contribution is -0.130. The van der Waals surface area contributed by atoms with E-state index in [0.717, 1.165) is 6.29 Å². The second-order valence-corrected chi connectivity index (χ2v) is 3.14. The number of amides is 1. The Bertz CT molecular complexity index is 331. The number of carbonyl (C=O) groups excluding carboxylic acids is 2. The van der Waals surface area contributed by atoms with Gasteiger partial charge in [-0.25, -0.2) is 0 Å². The number of hydrogen-bond acceptors (Lipinski definition) is 2. The molecular weight excluding hydrogens is 180 g/mol. The van der Waals surface area contributed by atoms with Gasteiger partial charge < -0.3 is 9.47 Å². The van der Waals surface area contributed by atoms with Gasteiger partial charge in [-0.15, -0.1) is 0 Å². The molecule has 4 heteroatoms. The first-order valence-electron chi connectivity index (χ1n) is 4.52. The maximum Gasteiger partial charge on any atom is 0.242 e. The predicted molar refractivity (Wildman–Crippen MR) is 53.1 cm³/mol. The van der Waals surface area contributed by atoms with Crippen LogP contribution in [0.25, 0.3) is 0 Å². The van der Waals surface area contributed by atoms with Crippen LogP contribution in [-0.4, -0.2) is 35.3 Å². The zero-order valence-corrected chi connectivity index (χ0v) is 8.43. The van der Waals surface area contributed by atoms with Crippen LogP contribution in [0.1, 0.15) is 17.3 Å². The Labute approximate surface area is 83.1 Å². The van der Waals surface area contributed by atoms with E-state index in [-0.39, 0.29) is 12.5 Å². The molecule has 0 unspecified atom stereocenters. The van der Waals surface area contributed by atoms with E-state index in [9.17, 15) is 9.59 Å². The van der Waals surface area contributed by atoms with E-state index in [1.54, 1.807) is 35.0 Å². The summed E-state index contributed by atoms with van der Waals surface area (Å²) in [5.74, 6) is 0.0422. The smallest absolute Gasteiger partial charge is 0.242 e. The summed E-state index contributed by atoms with van der Waals surface area (Å²) in [5.41, 5.74) is 0.594. The lowest BCUT2D eigenvalue weighted by Crippen LogP contribution is -2.29. The average molecular weight is 194 g/mol. The summed E-state index contributed by atoms with van der Waals surface area (Å²) in [6.07, 6.45) is 4.16. The third kappa shape index (κ3) is 2.45. The van der Waals surface area contributed by atoms with Crippen LogP contribution in [0.3, 0.4) is 0 Å². The summed E-state index contributed by atoms with van der Waals surface area (Å²) < 4.78 is 1.71. The molecule has 0 saturated heterocycles. The lowest BCUT2D eigenvalue weighted by atomic mass is 10.4. The Kier molecular flexibility index (Phi) is 3.45. The van der Waals surface area contributed by atoms with Crippen molar-refractivity contribution in [2.24, 2.45) is 0 Å². The number of aldehydes is 1. The first-order chi connectivity index (χ1) is 6.67. The van der Waals surface area contributed by atoms with Crippen LogP contribution < -0.4 is 0 Å². The van der Waals surface area contributed by atoms with Gasteiger partial charge in [-0.2, -0.15) is 0 Å². The first kappa shape index (κ1) is 10.5. The molecule has 0 aliphatic heterocycles. The third-order valence-corrected chi connectivity index (χ3v) is 2.13. The van der Waals surface area contributed by atoms with Crippen molar-refractivity contribution in [3.8, 4) is 0 Å². The molecule has 0 saturated carbocycles. The van der Waals surface area contributed by atoms with Crippen LogP contribution in [0, 0.1) is 0 Å². The topological polar surface area (TPSA) is 42.3 Å². The molecule has 0 spiro atoms. The highest BCUT2D eigenvalue weighted by molar-refractivity contribution is 5.77. The van der Waals surface area contributed by atoms with E-state index in [4.69, 9.17) is 0 Å². The van der Waals surface area contributed by atoms with Crippen LogP contribution in [0.5, 0.6) is 0 Å². The molecule has 0 radical (unpaired) electrons. The number of rotatable bonds is 4. The van der Waals surface area contributed by atoms with Crippen molar-refractivity contribution in [1.29, 1.82) is 0 Å². The summed E-state index contributed by atoms with van der Waals surface area (Å²) >= 11 is 0. The summed E-state index contributed by atoms with van der Waals surface area (Å²) in [6, 6.07) is 1.69. The van der Waals surface area contributed by atoms with E-state index in [1.165, 1.54) is 0 Å². The number of hydrogen-bond donors (Lipinski definition) is 0. The zero-order chi connectivity index (χ0) is 10.6. The summed E-state index contributed by atoms with van der Waals surface area (Å²) in [5, 5.41) is 0. The maximum absolute atomic E-state index is 11.5. The Morgan fingerprint density at radius 3 is 2.86 bits per heavy atom. The monoisotopic (exact) mass is 194 g/mol. The molecule has 1 amide bonds. The molecule has 14 heavy (non-hydrogen) atoms. The molecule has 0 aromatic carbocycles. The molecule has 0 N–H and O–H groups in total. The van der Waals surface area contributed by atoms with E-state index in [0.29, 0.717) is 12.1 Å². The minimum absolute atomic E-state index is 0.0422. The van der Waals surface area contributed by atoms with Crippen molar-refractivity contribution >= 4 is 12.2 Å². The van der Waals surface area contributed by atoms with Crippen LogP contribution >= 0.6 is 0 Å². The Balaban J connectivity index is 2.60. The molecule has 0 bridgehead atoms. The molecule has 0 fully saturated rings. The average Bonchev–Trinajstić information content (AvgIpc) is 2.64. The standard InChI is InChI=1S/C10H14N2O2/c1-3-11(2)10(14)7-12-5-4-9(6-12)8-13/h4-6,8H,3,7H2,1-2H3. The molecule has 1 rings (SSSR count). The Morgan fingerprint density at radius 2 is 2.36 bits per heavy atom. The quantitative estimate of drug-likeness (QED) is 0.665. The van der Waals surface area contributed by atoms with E-state index >= 15 is 0 Å². The number of likely N-dealkylation sites (N-methyl/N-ethyl adjacent to an activating group) is 1. The van der Waals surface area contributed by atoms with Crippen LogP contribution in [0.4, 0.5) is 0 Å². The highest BCUT2D eigenvalue weighted by Gasteiger charge is 2.06. The highest BCUT2D eigenvalue weighted by Crippen LogP contribution is 1.98. The van der Waals surface area contributed by atoms with E-state index in [2.05, 4.69) is 0 Å². The van der Waals surface area contributed by atoms with Gasteiger partial charge in [-0.1, -0.05) is 0 Å². The highest BCUT2D eigenvalue weighted by atomic mass is 16.2. The predicted octanol–water partition coefficient (Wildman–Crippen LogP) is 0.779. The van der Waals surface area contributed by atoms with Crippen molar-refractivity contribution in [3.63, 3.8) is 0 Å². The summed E-state index contributed by atoms with van der Waals surface area (Å²) in [7, 11) is 1.76. The van der Waals surface area contributed by atoms with Gasteiger partial charge in [-0.05, 0) is 13.0 Å². The van der Waals surface area contributed by atoms with Crippen molar-refractivity contribution in [1.82, 2.24) is 9.47 Å². The fourth-order valence-electron chi connectivity index (χ4n) is 1.08. The van der Waals surface area contributed by atoms with Crippen LogP contribution in [0.15, 0.2) is 18.5 Å². The van der Waals surface area contributed by atoms with Gasteiger partial charge >= 0.3 is 0 Å². The van der Waals surface area contributed by atoms with E-state index in [1.807, 2.05) is 6.92 Å². The molecular formula is C10H14N2O2. The molecule has 1 heterocycles. The zero-order valence-electron chi connectivity index (χ0n) is 8.43. The van der Waals surface area contributed by atoms with Crippen molar-refractivity contribution < 1.29 is 9.59 Å². The minimum atomic E-state index is 0.0422. The molecule has 4 nitrogen and oxygen atoms in total. The molecule has 0 aliphatic rings. The van der Waals surface area contributed by atoms with Crippen LogP contribution in [-0.2, 0) is 11.3 Å². The third-order valence-electron chi connectivity index (χ3n) is 2.13. The summed E-state index contributed by atoms with van der Waals surface area (Å²) in [4.78, 5) is 23.5. The number of aromatic nitrogens is 1. The first-order valence-corrected chi connectivity index (χ1v) is 4.52. The number of carbonyl (C=O) groups is 2. The SMILES string of the molecule is CCN(C)C(=O)Cn1ccc(C=O)c1. The molecule has 0 aliphatic carbocycles. The molecule has 0 atom stereocenters. The maximum atomic E-state index is 11.5. The fraction of sp³-hybridized carbons (Fsp3) is 0.400. The largest absolute Gasteiger partial charge is 0.344 e. The van der Waals surface area contributed by atoms with Gasteiger partial charge in [0.15, 0.2) is 6.29 Å². The normalized spacial score (nSPS) is 9.86. The Morgan fingerprint density at radius 1 is 1.64 bits per heavy atom. The summed E-state index contributed by atoms with van der Waals surface area (Å²) in [6.45, 7) is 2.91. The molecule has 76 valence electrons.